The predicted molar refractivity (Wildman–Crippen MR) is 139 cm³/mol. The lowest BCUT2D eigenvalue weighted by Gasteiger charge is -2.39. The lowest BCUT2D eigenvalue weighted by molar-refractivity contribution is -0.140. The molecule has 2 heterocycles. The third-order valence-corrected chi connectivity index (χ3v) is 7.90. The number of hydrogen-bond donors (Lipinski definition) is 2. The molecular formula is C29H29F4N3O4. The van der Waals surface area contributed by atoms with Gasteiger partial charge in [0.25, 0.3) is 5.91 Å². The Hall–Kier alpha value is -3.89. The van der Waals surface area contributed by atoms with Gasteiger partial charge in [0.2, 0.25) is 5.91 Å². The summed E-state index contributed by atoms with van der Waals surface area (Å²) in [5.41, 5.74) is -1.20. The fourth-order valence-electron chi connectivity index (χ4n) is 5.65. The van der Waals surface area contributed by atoms with E-state index in [1.807, 2.05) is 12.1 Å². The molecule has 1 aliphatic heterocycles. The average molecular weight is 560 g/mol. The van der Waals surface area contributed by atoms with Crippen LogP contribution in [-0.2, 0) is 15.8 Å². The molecule has 212 valence electrons. The van der Waals surface area contributed by atoms with E-state index in [4.69, 9.17) is 4.42 Å². The molecule has 0 bridgehead atoms. The number of aryl methyl sites for hydroxylation is 1. The number of halogens is 4. The van der Waals surface area contributed by atoms with Crippen molar-refractivity contribution in [2.75, 3.05) is 18.0 Å². The number of alkyl halides is 3. The summed E-state index contributed by atoms with van der Waals surface area (Å²) in [7, 11) is 0. The number of rotatable bonds is 5. The smallest absolute Gasteiger partial charge is 0.419 e. The first-order valence-electron chi connectivity index (χ1n) is 13.2. The van der Waals surface area contributed by atoms with E-state index in [-0.39, 0.29) is 36.7 Å². The molecule has 1 saturated carbocycles. The van der Waals surface area contributed by atoms with E-state index in [1.54, 1.807) is 19.1 Å². The number of fused-ring (bicyclic) bond motifs is 1. The number of anilines is 1. The monoisotopic (exact) mass is 559 g/mol. The molecule has 2 aromatic carbocycles. The summed E-state index contributed by atoms with van der Waals surface area (Å²) in [5.74, 6) is -2.60. The van der Waals surface area contributed by atoms with Crippen molar-refractivity contribution in [3.05, 3.63) is 65.2 Å². The van der Waals surface area contributed by atoms with Gasteiger partial charge in [-0.05, 0) is 50.5 Å². The molecule has 0 spiro atoms. The maximum atomic E-state index is 14.1. The molecule has 5 rings (SSSR count). The van der Waals surface area contributed by atoms with Crippen molar-refractivity contribution in [1.29, 1.82) is 0 Å². The Morgan fingerprint density at radius 3 is 2.45 bits per heavy atom. The molecule has 1 aromatic heterocycles. The molecule has 2 N–H and O–H groups in total. The van der Waals surface area contributed by atoms with Crippen molar-refractivity contribution in [3.8, 4) is 0 Å². The highest BCUT2D eigenvalue weighted by molar-refractivity contribution is 6.03. The number of nitrogens with zero attached hydrogens (tertiary/aromatic N) is 1. The van der Waals surface area contributed by atoms with Gasteiger partial charge in [-0.15, -0.1) is 0 Å². The largest absolute Gasteiger partial charge is 0.451 e. The minimum atomic E-state index is -4.82. The van der Waals surface area contributed by atoms with Crippen LogP contribution in [0.2, 0.25) is 0 Å². The number of carbonyl (C=O) groups excluding carboxylic acids is 3. The van der Waals surface area contributed by atoms with Crippen molar-refractivity contribution in [3.63, 3.8) is 0 Å². The van der Waals surface area contributed by atoms with Crippen LogP contribution < -0.4 is 15.5 Å². The molecule has 40 heavy (non-hydrogen) atoms. The number of piperidine rings is 1. The van der Waals surface area contributed by atoms with E-state index in [2.05, 4.69) is 10.6 Å². The zero-order chi connectivity index (χ0) is 28.7. The summed E-state index contributed by atoms with van der Waals surface area (Å²) >= 11 is 0. The fraction of sp³-hybridized carbons (Fsp3) is 0.414. The molecule has 0 radical (unpaired) electrons. The summed E-state index contributed by atoms with van der Waals surface area (Å²) < 4.78 is 58.6. The molecule has 1 aliphatic carbocycles. The van der Waals surface area contributed by atoms with Gasteiger partial charge < -0.3 is 20.0 Å². The first kappa shape index (κ1) is 27.7. The SMILES string of the molecule is Cc1c(C(=O)NC2(C(=O)NC3CCN(c4ccc(C(F)(F)F)c(F)c4)CC3=O)CCCCC2)oc2ccccc12. The molecular weight excluding hydrogens is 530 g/mol. The number of benzene rings is 2. The third-order valence-electron chi connectivity index (χ3n) is 7.90. The summed E-state index contributed by atoms with van der Waals surface area (Å²) in [5, 5.41) is 6.52. The van der Waals surface area contributed by atoms with Crippen LogP contribution in [0.5, 0.6) is 0 Å². The van der Waals surface area contributed by atoms with E-state index in [1.165, 1.54) is 4.90 Å². The molecule has 7 nitrogen and oxygen atoms in total. The topological polar surface area (TPSA) is 91.7 Å². The van der Waals surface area contributed by atoms with E-state index < -0.39 is 41.0 Å². The van der Waals surface area contributed by atoms with Crippen molar-refractivity contribution >= 4 is 34.3 Å². The number of hydrogen-bond acceptors (Lipinski definition) is 5. The number of Topliss-reactive ketones (excluding diaryl/α,β-unsaturated/α-hetero) is 1. The van der Waals surface area contributed by atoms with Crippen molar-refractivity contribution in [2.24, 2.45) is 0 Å². The number of amides is 2. The van der Waals surface area contributed by atoms with Crippen molar-refractivity contribution in [1.82, 2.24) is 10.6 Å². The quantitative estimate of drug-likeness (QED) is 0.415. The Labute approximate surface area is 227 Å². The van der Waals surface area contributed by atoms with Gasteiger partial charge >= 0.3 is 6.18 Å². The second-order valence-corrected chi connectivity index (χ2v) is 10.5. The predicted octanol–water partition coefficient (Wildman–Crippen LogP) is 5.30. The molecule has 1 atom stereocenters. The number of carbonyl (C=O) groups is 3. The van der Waals surface area contributed by atoms with Gasteiger partial charge in [-0.25, -0.2) is 4.39 Å². The number of para-hydroxylation sites is 1. The summed E-state index contributed by atoms with van der Waals surface area (Å²) in [4.78, 5) is 41.4. The van der Waals surface area contributed by atoms with Crippen LogP contribution in [0, 0.1) is 12.7 Å². The Bertz CT molecular complexity index is 1460. The van der Waals surface area contributed by atoms with E-state index in [9.17, 15) is 31.9 Å². The molecule has 2 aliphatic rings. The molecule has 11 heteroatoms. The highest BCUT2D eigenvalue weighted by Gasteiger charge is 2.44. The van der Waals surface area contributed by atoms with E-state index >= 15 is 0 Å². The van der Waals surface area contributed by atoms with Crippen LogP contribution in [0.1, 0.15) is 60.2 Å². The van der Waals surface area contributed by atoms with Gasteiger partial charge in [0, 0.05) is 23.2 Å². The second-order valence-electron chi connectivity index (χ2n) is 10.5. The van der Waals surface area contributed by atoms with Crippen LogP contribution in [0.25, 0.3) is 11.0 Å². The highest BCUT2D eigenvalue weighted by Crippen LogP contribution is 2.34. The maximum absolute atomic E-state index is 14.1. The third kappa shape index (κ3) is 5.29. The minimum absolute atomic E-state index is 0.132. The number of nitrogens with one attached hydrogen (secondary N) is 2. The van der Waals surface area contributed by atoms with Crippen LogP contribution in [-0.4, -0.2) is 42.3 Å². The fourth-order valence-corrected chi connectivity index (χ4v) is 5.65. The zero-order valence-corrected chi connectivity index (χ0v) is 21.9. The van der Waals surface area contributed by atoms with Gasteiger partial charge in [0.05, 0.1) is 18.2 Å². The average Bonchev–Trinajstić information content (AvgIpc) is 3.26. The van der Waals surface area contributed by atoms with Crippen molar-refractivity contribution < 1.29 is 36.4 Å². The Morgan fingerprint density at radius 1 is 1.07 bits per heavy atom. The van der Waals surface area contributed by atoms with E-state index in [0.717, 1.165) is 36.8 Å². The number of ketones is 1. The molecule has 1 unspecified atom stereocenters. The molecule has 3 aromatic rings. The summed E-state index contributed by atoms with van der Waals surface area (Å²) in [6, 6.07) is 8.98. The molecule has 1 saturated heterocycles. The Balaban J connectivity index is 1.28. The minimum Gasteiger partial charge on any atom is -0.451 e. The first-order valence-corrected chi connectivity index (χ1v) is 13.2. The zero-order valence-electron chi connectivity index (χ0n) is 21.9. The summed E-state index contributed by atoms with van der Waals surface area (Å²) in [6.07, 6.45) is -1.47. The normalized spacial score (nSPS) is 19.5. The second kappa shape index (κ2) is 10.6. The van der Waals surface area contributed by atoms with Crippen LogP contribution in [0.3, 0.4) is 0 Å². The van der Waals surface area contributed by atoms with Crippen LogP contribution in [0.15, 0.2) is 46.9 Å². The van der Waals surface area contributed by atoms with Gasteiger partial charge in [-0.3, -0.25) is 14.4 Å². The molecule has 2 fully saturated rings. The maximum Gasteiger partial charge on any atom is 0.419 e. The standard InChI is InChI=1S/C29H29F4N3O4/c1-17-19-7-3-4-8-24(19)40-25(17)26(38)35-28(12-5-2-6-13-28)27(39)34-22-11-14-36(16-23(22)37)18-9-10-20(21(30)15-18)29(31,32)33/h3-4,7-10,15,22H,2,5-6,11-14,16H2,1H3,(H,34,39)(H,35,38). The molecule has 2 amide bonds. The van der Waals surface area contributed by atoms with Gasteiger partial charge in [0.15, 0.2) is 11.5 Å². The number of furan rings is 1. The van der Waals surface area contributed by atoms with E-state index in [0.29, 0.717) is 30.1 Å². The lowest BCUT2D eigenvalue weighted by atomic mass is 9.80. The Morgan fingerprint density at radius 2 is 1.80 bits per heavy atom. The lowest BCUT2D eigenvalue weighted by Crippen LogP contribution is -2.63. The first-order chi connectivity index (χ1) is 19.0. The van der Waals surface area contributed by atoms with Gasteiger partial charge in [-0.2, -0.15) is 13.2 Å². The highest BCUT2D eigenvalue weighted by atomic mass is 19.4. The van der Waals surface area contributed by atoms with Gasteiger partial charge in [-0.1, -0.05) is 37.5 Å². The van der Waals surface area contributed by atoms with Crippen LogP contribution in [0.4, 0.5) is 23.2 Å². The van der Waals surface area contributed by atoms with Crippen LogP contribution >= 0.6 is 0 Å². The van der Waals surface area contributed by atoms with Crippen molar-refractivity contribution in [2.45, 2.75) is 63.2 Å². The summed E-state index contributed by atoms with van der Waals surface area (Å²) in [6.45, 7) is 1.80. The van der Waals surface area contributed by atoms with Gasteiger partial charge in [0.1, 0.15) is 16.9 Å². The Kier molecular flexibility index (Phi) is 7.32.